The van der Waals surface area contributed by atoms with Crippen molar-refractivity contribution < 1.29 is 9.50 Å². The molecule has 0 aromatic heterocycles. The molecule has 0 amide bonds. The van der Waals surface area contributed by atoms with Gasteiger partial charge in [-0.3, -0.25) is 0 Å². The van der Waals surface area contributed by atoms with E-state index in [-0.39, 0.29) is 17.8 Å². The SMILES string of the molecule is C=C/C(F)=C\C(=C)C(C)CCC(C)O. The molecule has 0 heterocycles. The third-order valence-corrected chi connectivity index (χ3v) is 2.17. The highest BCUT2D eigenvalue weighted by Crippen LogP contribution is 2.19. The molecule has 0 fully saturated rings. The van der Waals surface area contributed by atoms with Gasteiger partial charge in [0.05, 0.1) is 6.10 Å². The largest absolute Gasteiger partial charge is 0.393 e. The number of halogens is 1. The summed E-state index contributed by atoms with van der Waals surface area (Å²) in [6.07, 6.45) is 3.77. The second kappa shape index (κ2) is 6.55. The zero-order chi connectivity index (χ0) is 11.1. The summed E-state index contributed by atoms with van der Waals surface area (Å²) in [6, 6.07) is 0. The fourth-order valence-corrected chi connectivity index (χ4v) is 1.05. The van der Waals surface area contributed by atoms with Crippen molar-refractivity contribution in [3.8, 4) is 0 Å². The predicted octanol–water partition coefficient (Wildman–Crippen LogP) is 3.38. The van der Waals surface area contributed by atoms with E-state index >= 15 is 0 Å². The first kappa shape index (κ1) is 13.1. The molecular formula is C12H19FO. The van der Waals surface area contributed by atoms with Crippen molar-refractivity contribution in [3.63, 3.8) is 0 Å². The van der Waals surface area contributed by atoms with Crippen LogP contribution in [0.15, 0.2) is 36.7 Å². The average Bonchev–Trinajstić information content (AvgIpc) is 2.13. The van der Waals surface area contributed by atoms with Crippen LogP contribution in [0.25, 0.3) is 0 Å². The summed E-state index contributed by atoms with van der Waals surface area (Å²) in [5.74, 6) is -0.172. The van der Waals surface area contributed by atoms with Crippen molar-refractivity contribution in [2.45, 2.75) is 32.8 Å². The summed E-state index contributed by atoms with van der Waals surface area (Å²) < 4.78 is 12.8. The minimum Gasteiger partial charge on any atom is -0.393 e. The Kier molecular flexibility index (Phi) is 6.13. The Morgan fingerprint density at radius 1 is 1.43 bits per heavy atom. The van der Waals surface area contributed by atoms with Crippen molar-refractivity contribution in [1.29, 1.82) is 0 Å². The number of hydrogen-bond acceptors (Lipinski definition) is 1. The van der Waals surface area contributed by atoms with E-state index < -0.39 is 0 Å². The van der Waals surface area contributed by atoms with Crippen LogP contribution in [0.1, 0.15) is 26.7 Å². The highest BCUT2D eigenvalue weighted by Gasteiger charge is 2.06. The summed E-state index contributed by atoms with van der Waals surface area (Å²) in [5, 5.41) is 9.08. The molecule has 0 aromatic carbocycles. The Morgan fingerprint density at radius 2 is 2.00 bits per heavy atom. The van der Waals surface area contributed by atoms with E-state index in [9.17, 15) is 4.39 Å². The number of aliphatic hydroxyl groups excluding tert-OH is 1. The lowest BCUT2D eigenvalue weighted by Crippen LogP contribution is -2.04. The van der Waals surface area contributed by atoms with E-state index in [1.54, 1.807) is 6.92 Å². The predicted molar refractivity (Wildman–Crippen MR) is 58.6 cm³/mol. The van der Waals surface area contributed by atoms with Gasteiger partial charge in [-0.05, 0) is 43.4 Å². The Labute approximate surface area is 85.6 Å². The maximum absolute atomic E-state index is 12.8. The first-order chi connectivity index (χ1) is 6.47. The molecule has 0 aromatic rings. The van der Waals surface area contributed by atoms with Gasteiger partial charge in [-0.1, -0.05) is 20.1 Å². The summed E-state index contributed by atoms with van der Waals surface area (Å²) >= 11 is 0. The standard InChI is InChI=1S/C12H19FO/c1-5-12(13)8-10(3)9(2)6-7-11(4)14/h5,8-9,11,14H,1,3,6-7H2,2,4H3/b12-8+. The van der Waals surface area contributed by atoms with Gasteiger partial charge >= 0.3 is 0 Å². The third-order valence-electron chi connectivity index (χ3n) is 2.17. The van der Waals surface area contributed by atoms with Gasteiger partial charge in [0.15, 0.2) is 0 Å². The number of aliphatic hydroxyl groups is 1. The van der Waals surface area contributed by atoms with Crippen molar-refractivity contribution in [2.24, 2.45) is 5.92 Å². The molecule has 1 N–H and O–H groups in total. The molecule has 0 spiro atoms. The molecule has 0 radical (unpaired) electrons. The van der Waals surface area contributed by atoms with Crippen LogP contribution in [-0.4, -0.2) is 11.2 Å². The second-order valence-corrected chi connectivity index (χ2v) is 3.64. The molecule has 1 nitrogen and oxygen atoms in total. The summed E-state index contributed by atoms with van der Waals surface area (Å²) in [6.45, 7) is 10.8. The zero-order valence-corrected chi connectivity index (χ0v) is 8.96. The van der Waals surface area contributed by atoms with E-state index in [0.29, 0.717) is 6.42 Å². The normalized spacial score (nSPS) is 16.1. The lowest BCUT2D eigenvalue weighted by atomic mass is 9.95. The lowest BCUT2D eigenvalue weighted by molar-refractivity contribution is 0.177. The van der Waals surface area contributed by atoms with Gasteiger partial charge in [0, 0.05) is 0 Å². The third kappa shape index (κ3) is 5.70. The lowest BCUT2D eigenvalue weighted by Gasteiger charge is -2.12. The summed E-state index contributed by atoms with van der Waals surface area (Å²) in [4.78, 5) is 0. The van der Waals surface area contributed by atoms with E-state index in [4.69, 9.17) is 5.11 Å². The Bertz CT molecular complexity index is 228. The minimum absolute atomic E-state index is 0.190. The maximum atomic E-state index is 12.8. The van der Waals surface area contributed by atoms with Gasteiger partial charge in [0.25, 0.3) is 0 Å². The minimum atomic E-state index is -0.362. The molecular weight excluding hydrogens is 179 g/mol. The van der Waals surface area contributed by atoms with Gasteiger partial charge < -0.3 is 5.11 Å². The first-order valence-corrected chi connectivity index (χ1v) is 4.83. The molecule has 0 aliphatic heterocycles. The molecule has 0 aliphatic carbocycles. The first-order valence-electron chi connectivity index (χ1n) is 4.83. The van der Waals surface area contributed by atoms with Crippen LogP contribution in [0.5, 0.6) is 0 Å². The van der Waals surface area contributed by atoms with Gasteiger partial charge in [-0.2, -0.15) is 0 Å². The average molecular weight is 198 g/mol. The Balaban J connectivity index is 4.06. The quantitative estimate of drug-likeness (QED) is 0.649. The van der Waals surface area contributed by atoms with E-state index in [1.807, 2.05) is 6.92 Å². The molecule has 2 atom stereocenters. The molecule has 14 heavy (non-hydrogen) atoms. The van der Waals surface area contributed by atoms with Crippen molar-refractivity contribution in [1.82, 2.24) is 0 Å². The fourth-order valence-electron chi connectivity index (χ4n) is 1.05. The topological polar surface area (TPSA) is 20.2 Å². The molecule has 2 unspecified atom stereocenters. The van der Waals surface area contributed by atoms with Crippen molar-refractivity contribution in [2.75, 3.05) is 0 Å². The fraction of sp³-hybridized carbons (Fsp3) is 0.500. The summed E-state index contributed by atoms with van der Waals surface area (Å²) in [5.41, 5.74) is 0.739. The van der Waals surface area contributed by atoms with Gasteiger partial charge in [-0.25, -0.2) is 4.39 Å². The number of hydrogen-bond donors (Lipinski definition) is 1. The highest BCUT2D eigenvalue weighted by atomic mass is 19.1. The van der Waals surface area contributed by atoms with Crippen LogP contribution in [0, 0.1) is 5.92 Å². The number of allylic oxidation sites excluding steroid dienone is 4. The smallest absolute Gasteiger partial charge is 0.122 e. The van der Waals surface area contributed by atoms with Crippen LogP contribution < -0.4 is 0 Å². The molecule has 2 heteroatoms. The van der Waals surface area contributed by atoms with Crippen LogP contribution in [0.4, 0.5) is 4.39 Å². The molecule has 0 bridgehead atoms. The van der Waals surface area contributed by atoms with E-state index in [0.717, 1.165) is 18.1 Å². The molecule has 0 rings (SSSR count). The van der Waals surface area contributed by atoms with Gasteiger partial charge in [0.2, 0.25) is 0 Å². The van der Waals surface area contributed by atoms with E-state index in [1.165, 1.54) is 6.08 Å². The molecule has 0 saturated carbocycles. The van der Waals surface area contributed by atoms with Gasteiger partial charge in [0.1, 0.15) is 5.83 Å². The highest BCUT2D eigenvalue weighted by molar-refractivity contribution is 5.24. The van der Waals surface area contributed by atoms with Crippen LogP contribution in [-0.2, 0) is 0 Å². The van der Waals surface area contributed by atoms with Crippen LogP contribution >= 0.6 is 0 Å². The molecule has 80 valence electrons. The monoisotopic (exact) mass is 198 g/mol. The molecule has 0 aliphatic rings. The second-order valence-electron chi connectivity index (χ2n) is 3.64. The van der Waals surface area contributed by atoms with Gasteiger partial charge in [-0.15, -0.1) is 0 Å². The number of rotatable bonds is 6. The zero-order valence-electron chi connectivity index (χ0n) is 8.96. The van der Waals surface area contributed by atoms with E-state index in [2.05, 4.69) is 13.2 Å². The Morgan fingerprint density at radius 3 is 2.43 bits per heavy atom. The maximum Gasteiger partial charge on any atom is 0.122 e. The van der Waals surface area contributed by atoms with Crippen molar-refractivity contribution in [3.05, 3.63) is 36.7 Å². The summed E-state index contributed by atoms with van der Waals surface area (Å²) in [7, 11) is 0. The Hall–Kier alpha value is -0.890. The van der Waals surface area contributed by atoms with Crippen molar-refractivity contribution >= 4 is 0 Å². The molecule has 0 saturated heterocycles. The van der Waals surface area contributed by atoms with Crippen LogP contribution in [0.2, 0.25) is 0 Å². The van der Waals surface area contributed by atoms with Crippen LogP contribution in [0.3, 0.4) is 0 Å².